The molecule has 1 aromatic rings. The molecular formula is C14H18FNO2S. The largest absolute Gasteiger partial charge is 0.459 e. The van der Waals surface area contributed by atoms with Crippen LogP contribution in [0.4, 0.5) is 4.39 Å². The fourth-order valence-electron chi connectivity index (χ4n) is 1.85. The molecule has 0 spiro atoms. The van der Waals surface area contributed by atoms with Crippen LogP contribution in [-0.2, 0) is 9.53 Å². The van der Waals surface area contributed by atoms with Crippen LogP contribution < -0.4 is 5.32 Å². The molecule has 0 bridgehead atoms. The molecule has 1 N–H and O–H groups in total. The van der Waals surface area contributed by atoms with E-state index in [0.717, 1.165) is 0 Å². The van der Waals surface area contributed by atoms with Gasteiger partial charge >= 0.3 is 5.97 Å². The van der Waals surface area contributed by atoms with Crippen molar-refractivity contribution in [3.05, 3.63) is 35.6 Å². The second-order valence-corrected chi connectivity index (χ2v) is 6.63. The first kappa shape index (κ1) is 14.3. The van der Waals surface area contributed by atoms with Gasteiger partial charge in [0.2, 0.25) is 0 Å². The van der Waals surface area contributed by atoms with Gasteiger partial charge in [-0.2, -0.15) is 0 Å². The summed E-state index contributed by atoms with van der Waals surface area (Å²) >= 11 is 1.52. The molecule has 0 aromatic heterocycles. The molecule has 1 aliphatic rings. The van der Waals surface area contributed by atoms with Crippen molar-refractivity contribution >= 4 is 17.7 Å². The first-order valence-electron chi connectivity index (χ1n) is 6.22. The first-order chi connectivity index (χ1) is 8.87. The number of carbonyl (C=O) groups is 1. The van der Waals surface area contributed by atoms with Crippen molar-refractivity contribution in [2.75, 3.05) is 5.75 Å². The zero-order valence-corrected chi connectivity index (χ0v) is 12.1. The molecule has 3 nitrogen and oxygen atoms in total. The van der Waals surface area contributed by atoms with Crippen LogP contribution in [-0.4, -0.2) is 23.4 Å². The normalized spacial score (nSPS) is 23.4. The molecule has 19 heavy (non-hydrogen) atoms. The topological polar surface area (TPSA) is 38.3 Å². The van der Waals surface area contributed by atoms with Gasteiger partial charge in [-0.3, -0.25) is 10.1 Å². The average Bonchev–Trinajstić information content (AvgIpc) is 2.76. The van der Waals surface area contributed by atoms with Crippen molar-refractivity contribution in [3.8, 4) is 0 Å². The van der Waals surface area contributed by atoms with Crippen molar-refractivity contribution in [2.24, 2.45) is 0 Å². The Morgan fingerprint density at radius 3 is 2.74 bits per heavy atom. The van der Waals surface area contributed by atoms with Crippen LogP contribution in [0.25, 0.3) is 0 Å². The van der Waals surface area contributed by atoms with Gasteiger partial charge in [-0.05, 0) is 26.8 Å². The summed E-state index contributed by atoms with van der Waals surface area (Å²) < 4.78 is 19.0. The van der Waals surface area contributed by atoms with Crippen molar-refractivity contribution in [3.63, 3.8) is 0 Å². The van der Waals surface area contributed by atoms with E-state index >= 15 is 0 Å². The molecule has 0 radical (unpaired) electrons. The Morgan fingerprint density at radius 2 is 2.11 bits per heavy atom. The molecule has 0 amide bonds. The number of halogens is 1. The maximum absolute atomic E-state index is 13.7. The Morgan fingerprint density at radius 1 is 1.42 bits per heavy atom. The summed E-state index contributed by atoms with van der Waals surface area (Å²) in [5.74, 6) is 0.0599. The lowest BCUT2D eigenvalue weighted by molar-refractivity contribution is -0.156. The van der Waals surface area contributed by atoms with Gasteiger partial charge < -0.3 is 4.74 Å². The Labute approximate surface area is 116 Å². The monoisotopic (exact) mass is 283 g/mol. The Balaban J connectivity index is 2.01. The number of thioether (sulfide) groups is 1. The molecule has 1 aliphatic heterocycles. The molecule has 2 unspecified atom stereocenters. The molecular weight excluding hydrogens is 265 g/mol. The second-order valence-electron chi connectivity index (χ2n) is 5.49. The third-order valence-electron chi connectivity index (χ3n) is 2.66. The lowest BCUT2D eigenvalue weighted by Crippen LogP contribution is -2.39. The van der Waals surface area contributed by atoms with Gasteiger partial charge in [0.15, 0.2) is 0 Å². The Hall–Kier alpha value is -1.07. The van der Waals surface area contributed by atoms with E-state index in [1.807, 2.05) is 20.8 Å². The smallest absolute Gasteiger partial charge is 0.324 e. The summed E-state index contributed by atoms with van der Waals surface area (Å²) in [6, 6.07) is 6.23. The molecule has 0 aliphatic carbocycles. The molecule has 5 heteroatoms. The minimum atomic E-state index is -0.500. The highest BCUT2D eigenvalue weighted by Crippen LogP contribution is 2.34. The van der Waals surface area contributed by atoms with Gasteiger partial charge in [-0.15, -0.1) is 11.8 Å². The van der Waals surface area contributed by atoms with Gasteiger partial charge in [0.05, 0.1) is 5.37 Å². The summed E-state index contributed by atoms with van der Waals surface area (Å²) in [5, 5.41) is 2.92. The number of benzene rings is 1. The first-order valence-corrected chi connectivity index (χ1v) is 7.26. The molecule has 104 valence electrons. The zero-order chi connectivity index (χ0) is 14.0. The van der Waals surface area contributed by atoms with Crippen LogP contribution in [0.2, 0.25) is 0 Å². The van der Waals surface area contributed by atoms with Crippen LogP contribution in [0.1, 0.15) is 31.7 Å². The minimum Gasteiger partial charge on any atom is -0.459 e. The maximum Gasteiger partial charge on any atom is 0.324 e. The van der Waals surface area contributed by atoms with E-state index in [1.54, 1.807) is 18.2 Å². The Bertz CT molecular complexity index is 473. The number of rotatable bonds is 2. The third-order valence-corrected chi connectivity index (χ3v) is 3.91. The number of esters is 1. The quantitative estimate of drug-likeness (QED) is 0.847. The van der Waals surface area contributed by atoms with E-state index in [1.165, 1.54) is 17.8 Å². The van der Waals surface area contributed by atoms with Crippen molar-refractivity contribution < 1.29 is 13.9 Å². The van der Waals surface area contributed by atoms with Crippen molar-refractivity contribution in [1.29, 1.82) is 0 Å². The summed E-state index contributed by atoms with van der Waals surface area (Å²) in [6.45, 7) is 5.50. The number of carbonyl (C=O) groups excluding carboxylic acids is 1. The summed E-state index contributed by atoms with van der Waals surface area (Å²) in [7, 11) is 0. The van der Waals surface area contributed by atoms with Gasteiger partial charge in [-0.25, -0.2) is 4.39 Å². The standard InChI is InChI=1S/C14H18FNO2S/c1-14(2,3)18-13(17)11-8-19-12(16-11)9-6-4-5-7-10(9)15/h4-7,11-12,16H,8H2,1-3H3. The number of hydrogen-bond acceptors (Lipinski definition) is 4. The summed E-state index contributed by atoms with van der Waals surface area (Å²) in [6.07, 6.45) is 0. The van der Waals surface area contributed by atoms with Gasteiger partial charge in [-0.1, -0.05) is 18.2 Å². The van der Waals surface area contributed by atoms with E-state index in [0.29, 0.717) is 11.3 Å². The number of nitrogens with one attached hydrogen (secondary N) is 1. The number of ether oxygens (including phenoxy) is 1. The van der Waals surface area contributed by atoms with Crippen LogP contribution >= 0.6 is 11.8 Å². The van der Waals surface area contributed by atoms with E-state index < -0.39 is 5.60 Å². The van der Waals surface area contributed by atoms with Crippen LogP contribution in [0, 0.1) is 5.82 Å². The molecule has 1 saturated heterocycles. The van der Waals surface area contributed by atoms with E-state index in [2.05, 4.69) is 5.32 Å². The number of hydrogen-bond donors (Lipinski definition) is 1. The van der Waals surface area contributed by atoms with Crippen LogP contribution in [0.3, 0.4) is 0 Å². The average molecular weight is 283 g/mol. The maximum atomic E-state index is 13.7. The fourth-order valence-corrected chi connectivity index (χ4v) is 3.10. The lowest BCUT2D eigenvalue weighted by Gasteiger charge is -2.22. The Kier molecular flexibility index (Phi) is 4.16. The van der Waals surface area contributed by atoms with E-state index in [-0.39, 0.29) is 23.2 Å². The SMILES string of the molecule is CC(C)(C)OC(=O)C1CSC(c2ccccc2F)N1. The molecule has 0 saturated carbocycles. The molecule has 2 rings (SSSR count). The van der Waals surface area contributed by atoms with Crippen LogP contribution in [0.15, 0.2) is 24.3 Å². The van der Waals surface area contributed by atoms with E-state index in [9.17, 15) is 9.18 Å². The highest BCUT2D eigenvalue weighted by molar-refractivity contribution is 7.99. The third kappa shape index (κ3) is 3.70. The summed E-state index contributed by atoms with van der Waals surface area (Å²) in [4.78, 5) is 11.9. The summed E-state index contributed by atoms with van der Waals surface area (Å²) in [5.41, 5.74) is 0.0815. The molecule has 1 heterocycles. The van der Waals surface area contributed by atoms with Crippen molar-refractivity contribution in [2.45, 2.75) is 37.8 Å². The van der Waals surface area contributed by atoms with Crippen molar-refractivity contribution in [1.82, 2.24) is 5.32 Å². The predicted molar refractivity (Wildman–Crippen MR) is 74.4 cm³/mol. The fraction of sp³-hybridized carbons (Fsp3) is 0.500. The highest BCUT2D eigenvalue weighted by atomic mass is 32.2. The van der Waals surface area contributed by atoms with Gasteiger partial charge in [0.25, 0.3) is 0 Å². The lowest BCUT2D eigenvalue weighted by atomic mass is 10.2. The minimum absolute atomic E-state index is 0.196. The van der Waals surface area contributed by atoms with Crippen LogP contribution in [0.5, 0.6) is 0 Å². The highest BCUT2D eigenvalue weighted by Gasteiger charge is 2.34. The zero-order valence-electron chi connectivity index (χ0n) is 11.3. The molecule has 1 aromatic carbocycles. The van der Waals surface area contributed by atoms with Gasteiger partial charge in [0, 0.05) is 11.3 Å². The van der Waals surface area contributed by atoms with Gasteiger partial charge in [0.1, 0.15) is 17.5 Å². The molecule has 2 atom stereocenters. The second kappa shape index (κ2) is 5.51. The van der Waals surface area contributed by atoms with E-state index in [4.69, 9.17) is 4.74 Å². The predicted octanol–water partition coefficient (Wildman–Crippen LogP) is 2.87. The molecule has 1 fully saturated rings.